The molecule has 8 nitrogen and oxygen atoms in total. The number of ether oxygens (including phenoxy) is 4. The predicted octanol–water partition coefficient (Wildman–Crippen LogP) is -0.481. The third-order valence-corrected chi connectivity index (χ3v) is 2.65. The molecule has 114 valence electrons. The zero-order valence-electron chi connectivity index (χ0n) is 11.7. The van der Waals surface area contributed by atoms with Crippen molar-refractivity contribution in [2.45, 2.75) is 58.4 Å². The average Bonchev–Trinajstić information content (AvgIpc) is 2.27. The van der Waals surface area contributed by atoms with Crippen molar-refractivity contribution in [3.63, 3.8) is 0 Å². The predicted molar refractivity (Wildman–Crippen MR) is 63.2 cm³/mol. The van der Waals surface area contributed by atoms with Crippen LogP contribution in [-0.2, 0) is 33.3 Å². The number of hydrogen-bond acceptors (Lipinski definition) is 8. The molecule has 0 aromatic carbocycles. The van der Waals surface area contributed by atoms with Crippen LogP contribution < -0.4 is 0 Å². The molecule has 0 spiro atoms. The molecule has 0 unspecified atom stereocenters. The van der Waals surface area contributed by atoms with E-state index in [0.717, 1.165) is 13.8 Å². The maximum atomic E-state index is 11.2. The van der Waals surface area contributed by atoms with Gasteiger partial charge in [0.15, 0.2) is 24.6 Å². The highest BCUT2D eigenvalue weighted by Gasteiger charge is 2.49. The molecule has 0 aromatic heterocycles. The van der Waals surface area contributed by atoms with Crippen LogP contribution in [0, 0.1) is 0 Å². The number of carbonyl (C=O) groups is 3. The van der Waals surface area contributed by atoms with E-state index in [4.69, 9.17) is 18.9 Å². The van der Waals surface area contributed by atoms with Gasteiger partial charge in [-0.2, -0.15) is 0 Å². The molecule has 20 heavy (non-hydrogen) atoms. The van der Waals surface area contributed by atoms with Crippen molar-refractivity contribution in [1.29, 1.82) is 0 Å². The van der Waals surface area contributed by atoms with Gasteiger partial charge in [-0.3, -0.25) is 14.4 Å². The van der Waals surface area contributed by atoms with Gasteiger partial charge < -0.3 is 24.1 Å². The SMILES string of the molecule is CC(=O)O[C@@H]1[C@@H](OC(C)=O)[C@H](O)O[C@H](C)[C@@H]1OC(C)=O. The minimum atomic E-state index is -1.48. The van der Waals surface area contributed by atoms with Crippen molar-refractivity contribution in [3.8, 4) is 0 Å². The Balaban J connectivity index is 3.01. The van der Waals surface area contributed by atoms with Crippen LogP contribution in [-0.4, -0.2) is 53.7 Å². The van der Waals surface area contributed by atoms with Gasteiger partial charge in [-0.25, -0.2) is 0 Å². The van der Waals surface area contributed by atoms with Crippen LogP contribution in [0.2, 0.25) is 0 Å². The lowest BCUT2D eigenvalue weighted by molar-refractivity contribution is -0.288. The minimum absolute atomic E-state index is 0.611. The summed E-state index contributed by atoms with van der Waals surface area (Å²) in [5.74, 6) is -1.96. The Kier molecular flexibility index (Phi) is 5.46. The zero-order valence-corrected chi connectivity index (χ0v) is 11.7. The van der Waals surface area contributed by atoms with Crippen LogP contribution in [0.25, 0.3) is 0 Å². The normalized spacial score (nSPS) is 33.1. The van der Waals surface area contributed by atoms with Crippen LogP contribution in [0.3, 0.4) is 0 Å². The summed E-state index contributed by atoms with van der Waals surface area (Å²) in [6.45, 7) is 5.01. The monoisotopic (exact) mass is 290 g/mol. The molecule has 1 aliphatic rings. The maximum Gasteiger partial charge on any atom is 0.303 e. The Morgan fingerprint density at radius 1 is 0.850 bits per heavy atom. The van der Waals surface area contributed by atoms with Crippen LogP contribution in [0.15, 0.2) is 0 Å². The first kappa shape index (κ1) is 16.4. The summed E-state index contributed by atoms with van der Waals surface area (Å²) in [7, 11) is 0. The summed E-state index contributed by atoms with van der Waals surface area (Å²) in [4.78, 5) is 33.3. The van der Waals surface area contributed by atoms with Gasteiger partial charge in [0.05, 0.1) is 6.10 Å². The van der Waals surface area contributed by atoms with Gasteiger partial charge in [-0.05, 0) is 6.92 Å². The Bertz CT molecular complexity index is 365. The van der Waals surface area contributed by atoms with Crippen molar-refractivity contribution >= 4 is 17.9 Å². The maximum absolute atomic E-state index is 11.2. The lowest BCUT2D eigenvalue weighted by Crippen LogP contribution is -2.60. The Morgan fingerprint density at radius 3 is 1.70 bits per heavy atom. The van der Waals surface area contributed by atoms with Crippen molar-refractivity contribution < 1.29 is 38.4 Å². The molecule has 0 aromatic rings. The van der Waals surface area contributed by atoms with Gasteiger partial charge in [0.2, 0.25) is 0 Å². The quantitative estimate of drug-likeness (QED) is 0.548. The molecule has 8 heteroatoms. The van der Waals surface area contributed by atoms with E-state index in [1.54, 1.807) is 0 Å². The summed E-state index contributed by atoms with van der Waals surface area (Å²) in [5.41, 5.74) is 0. The van der Waals surface area contributed by atoms with Crippen molar-refractivity contribution in [2.24, 2.45) is 0 Å². The number of hydrogen-bond donors (Lipinski definition) is 1. The molecule has 1 N–H and O–H groups in total. The van der Waals surface area contributed by atoms with Crippen LogP contribution >= 0.6 is 0 Å². The third kappa shape index (κ3) is 4.17. The van der Waals surface area contributed by atoms with Gasteiger partial charge in [0, 0.05) is 20.8 Å². The first-order valence-corrected chi connectivity index (χ1v) is 6.07. The molecular formula is C12H18O8. The molecule has 1 aliphatic heterocycles. The fourth-order valence-corrected chi connectivity index (χ4v) is 1.99. The fraction of sp³-hybridized carbons (Fsp3) is 0.750. The van der Waals surface area contributed by atoms with Gasteiger partial charge in [0.1, 0.15) is 0 Å². The van der Waals surface area contributed by atoms with E-state index < -0.39 is 48.6 Å². The summed E-state index contributed by atoms with van der Waals surface area (Å²) >= 11 is 0. The summed E-state index contributed by atoms with van der Waals surface area (Å²) in [6, 6.07) is 0. The van der Waals surface area contributed by atoms with Gasteiger partial charge in [-0.15, -0.1) is 0 Å². The highest BCUT2D eigenvalue weighted by molar-refractivity contribution is 5.68. The van der Waals surface area contributed by atoms with E-state index in [-0.39, 0.29) is 0 Å². The van der Waals surface area contributed by atoms with Gasteiger partial charge in [-0.1, -0.05) is 0 Å². The van der Waals surface area contributed by atoms with E-state index in [1.807, 2.05) is 0 Å². The highest BCUT2D eigenvalue weighted by atomic mass is 16.7. The van der Waals surface area contributed by atoms with Gasteiger partial charge in [0.25, 0.3) is 0 Å². The third-order valence-electron chi connectivity index (χ3n) is 2.65. The van der Waals surface area contributed by atoms with Crippen LogP contribution in [0.4, 0.5) is 0 Å². The number of rotatable bonds is 3. The van der Waals surface area contributed by atoms with Crippen LogP contribution in [0.5, 0.6) is 0 Å². The van der Waals surface area contributed by atoms with Gasteiger partial charge >= 0.3 is 17.9 Å². The molecule has 0 bridgehead atoms. The highest BCUT2D eigenvalue weighted by Crippen LogP contribution is 2.27. The Hall–Kier alpha value is -1.67. The molecule has 5 atom stereocenters. The first-order chi connectivity index (χ1) is 9.22. The standard InChI is InChI=1S/C12H18O8/c1-5-9(18-6(2)13)10(19-7(3)14)11(12(16)17-5)20-8(4)15/h5,9-12,16H,1-4H3/t5-,9+,10+,11-,12-/m1/s1. The number of aliphatic hydroxyl groups excluding tert-OH is 1. The summed E-state index contributed by atoms with van der Waals surface area (Å²) in [5, 5.41) is 9.79. The van der Waals surface area contributed by atoms with E-state index >= 15 is 0 Å². The molecule has 1 heterocycles. The first-order valence-electron chi connectivity index (χ1n) is 6.07. The lowest BCUT2D eigenvalue weighted by atomic mass is 9.99. The second-order valence-electron chi connectivity index (χ2n) is 4.45. The molecule has 1 rings (SSSR count). The van der Waals surface area contributed by atoms with E-state index in [2.05, 4.69) is 0 Å². The molecule has 1 fully saturated rings. The van der Waals surface area contributed by atoms with Crippen LogP contribution in [0.1, 0.15) is 27.7 Å². The topological polar surface area (TPSA) is 108 Å². The Labute approximate surface area is 115 Å². The lowest BCUT2D eigenvalue weighted by Gasteiger charge is -2.41. The molecule has 0 aliphatic carbocycles. The number of carbonyl (C=O) groups excluding carboxylic acids is 3. The molecule has 1 saturated heterocycles. The molecule has 0 radical (unpaired) electrons. The van der Waals surface area contributed by atoms with E-state index in [0.29, 0.717) is 0 Å². The second-order valence-corrected chi connectivity index (χ2v) is 4.45. The summed E-state index contributed by atoms with van der Waals surface area (Å²) < 4.78 is 20.1. The molecular weight excluding hydrogens is 272 g/mol. The second kappa shape index (κ2) is 6.67. The Morgan fingerprint density at radius 2 is 1.25 bits per heavy atom. The summed E-state index contributed by atoms with van der Waals surface area (Å²) in [6.07, 6.45) is -5.60. The zero-order chi connectivity index (χ0) is 15.4. The van der Waals surface area contributed by atoms with Crippen molar-refractivity contribution in [3.05, 3.63) is 0 Å². The molecule has 0 amide bonds. The largest absolute Gasteiger partial charge is 0.456 e. The smallest absolute Gasteiger partial charge is 0.303 e. The molecule has 0 saturated carbocycles. The number of aliphatic hydroxyl groups is 1. The fourth-order valence-electron chi connectivity index (χ4n) is 1.99. The number of esters is 3. The van der Waals surface area contributed by atoms with Crippen molar-refractivity contribution in [1.82, 2.24) is 0 Å². The minimum Gasteiger partial charge on any atom is -0.456 e. The average molecular weight is 290 g/mol. The van der Waals surface area contributed by atoms with E-state index in [1.165, 1.54) is 13.8 Å². The van der Waals surface area contributed by atoms with Crippen molar-refractivity contribution in [2.75, 3.05) is 0 Å². The van der Waals surface area contributed by atoms with E-state index in [9.17, 15) is 19.5 Å².